The van der Waals surface area contributed by atoms with Crippen LogP contribution in [0.4, 0.5) is 5.69 Å². The summed E-state index contributed by atoms with van der Waals surface area (Å²) >= 11 is 0. The van der Waals surface area contributed by atoms with E-state index in [1.165, 1.54) is 18.0 Å². The van der Waals surface area contributed by atoms with E-state index in [1.54, 1.807) is 0 Å². The van der Waals surface area contributed by atoms with E-state index >= 15 is 0 Å². The zero-order valence-corrected chi connectivity index (χ0v) is 7.56. The van der Waals surface area contributed by atoms with Crippen LogP contribution in [0.1, 0.15) is 10.5 Å². The molecule has 0 saturated carbocycles. The normalized spacial score (nSPS) is 9.79. The molecule has 0 fully saturated rings. The Morgan fingerprint density at radius 1 is 1.64 bits per heavy atom. The third-order valence-electron chi connectivity index (χ3n) is 1.54. The topological polar surface area (TPSA) is 113 Å². The summed E-state index contributed by atoms with van der Waals surface area (Å²) in [7, 11) is 1.25. The highest BCUT2D eigenvalue weighted by Crippen LogP contribution is 2.07. The first-order chi connectivity index (χ1) is 6.54. The highest BCUT2D eigenvalue weighted by atomic mass is 16.5. The molecule has 7 nitrogen and oxygen atoms in total. The maximum Gasteiger partial charge on any atom is 0.327 e. The van der Waals surface area contributed by atoms with E-state index in [4.69, 9.17) is 11.5 Å². The minimum absolute atomic E-state index is 0.0473. The van der Waals surface area contributed by atoms with Crippen LogP contribution in [0, 0.1) is 0 Å². The van der Waals surface area contributed by atoms with Gasteiger partial charge < -0.3 is 16.2 Å². The van der Waals surface area contributed by atoms with Crippen molar-refractivity contribution in [2.75, 3.05) is 12.8 Å². The number of nitrogen functional groups attached to an aromatic ring is 1. The molecule has 0 unspecified atom stereocenters. The Balaban J connectivity index is 2.86. The van der Waals surface area contributed by atoms with Crippen molar-refractivity contribution in [3.05, 3.63) is 11.9 Å². The molecule has 1 heterocycles. The molecule has 1 aromatic rings. The first-order valence-electron chi connectivity index (χ1n) is 3.74. The molecule has 1 aromatic heterocycles. The standard InChI is InChI=1S/C7H10N4O3/c1-14-5(12)3-11-2-4(8)6(10-11)7(9)13/h2H,3,8H2,1H3,(H2,9,13). The monoisotopic (exact) mass is 198 g/mol. The van der Waals surface area contributed by atoms with Crippen LogP contribution < -0.4 is 11.5 Å². The quantitative estimate of drug-likeness (QED) is 0.588. The van der Waals surface area contributed by atoms with Gasteiger partial charge in [-0.25, -0.2) is 0 Å². The SMILES string of the molecule is COC(=O)Cn1cc(N)c(C(N)=O)n1. The van der Waals surface area contributed by atoms with E-state index in [2.05, 4.69) is 9.84 Å². The van der Waals surface area contributed by atoms with Crippen molar-refractivity contribution >= 4 is 17.6 Å². The van der Waals surface area contributed by atoms with Crippen LogP contribution in [0.5, 0.6) is 0 Å². The Morgan fingerprint density at radius 2 is 2.29 bits per heavy atom. The third kappa shape index (κ3) is 2.00. The van der Waals surface area contributed by atoms with E-state index < -0.39 is 11.9 Å². The Hall–Kier alpha value is -2.05. The highest BCUT2D eigenvalue weighted by Gasteiger charge is 2.12. The number of ether oxygens (including phenoxy) is 1. The summed E-state index contributed by atoms with van der Waals surface area (Å²) in [4.78, 5) is 21.6. The molecule has 1 amide bonds. The smallest absolute Gasteiger partial charge is 0.327 e. The van der Waals surface area contributed by atoms with Crippen LogP contribution in [0.25, 0.3) is 0 Å². The van der Waals surface area contributed by atoms with Crippen molar-refractivity contribution in [2.24, 2.45) is 5.73 Å². The van der Waals surface area contributed by atoms with Crippen LogP contribution in [0.2, 0.25) is 0 Å². The van der Waals surface area contributed by atoms with Crippen LogP contribution >= 0.6 is 0 Å². The van der Waals surface area contributed by atoms with Gasteiger partial charge in [0.25, 0.3) is 5.91 Å². The minimum atomic E-state index is -0.730. The van der Waals surface area contributed by atoms with E-state index in [-0.39, 0.29) is 17.9 Å². The molecule has 0 aromatic carbocycles. The summed E-state index contributed by atoms with van der Waals surface area (Å²) in [5.41, 5.74) is 10.5. The van der Waals surface area contributed by atoms with Crippen molar-refractivity contribution in [3.63, 3.8) is 0 Å². The Labute approximate surface area is 79.6 Å². The molecule has 0 aliphatic heterocycles. The van der Waals surface area contributed by atoms with E-state index in [1.807, 2.05) is 0 Å². The van der Waals surface area contributed by atoms with Gasteiger partial charge in [0.1, 0.15) is 6.54 Å². The molecule has 0 atom stereocenters. The van der Waals surface area contributed by atoms with Gasteiger partial charge in [-0.3, -0.25) is 14.3 Å². The molecular formula is C7H10N4O3. The molecule has 0 spiro atoms. The number of nitrogens with two attached hydrogens (primary N) is 2. The predicted octanol–water partition coefficient (Wildman–Crippen LogP) is -1.26. The fourth-order valence-corrected chi connectivity index (χ4v) is 0.906. The lowest BCUT2D eigenvalue weighted by molar-refractivity contribution is -0.141. The maximum atomic E-state index is 10.8. The molecular weight excluding hydrogens is 188 g/mol. The van der Waals surface area contributed by atoms with Gasteiger partial charge in [0.2, 0.25) is 0 Å². The van der Waals surface area contributed by atoms with Gasteiger partial charge in [-0.1, -0.05) is 0 Å². The third-order valence-corrected chi connectivity index (χ3v) is 1.54. The van der Waals surface area contributed by atoms with Crippen LogP contribution in [0.3, 0.4) is 0 Å². The molecule has 0 aliphatic carbocycles. The van der Waals surface area contributed by atoms with Gasteiger partial charge in [0, 0.05) is 6.20 Å². The average molecular weight is 198 g/mol. The second kappa shape index (κ2) is 3.77. The van der Waals surface area contributed by atoms with Crippen molar-refractivity contribution in [1.29, 1.82) is 0 Å². The van der Waals surface area contributed by atoms with E-state index in [9.17, 15) is 9.59 Å². The molecule has 7 heteroatoms. The zero-order valence-electron chi connectivity index (χ0n) is 7.56. The number of esters is 1. The number of aromatic nitrogens is 2. The molecule has 76 valence electrons. The van der Waals surface area contributed by atoms with Crippen molar-refractivity contribution in [3.8, 4) is 0 Å². The molecule has 0 aliphatic rings. The summed E-state index contributed by atoms with van der Waals surface area (Å²) < 4.78 is 5.60. The molecule has 14 heavy (non-hydrogen) atoms. The van der Waals surface area contributed by atoms with E-state index in [0.717, 1.165) is 0 Å². The first-order valence-corrected chi connectivity index (χ1v) is 3.74. The molecule has 0 saturated heterocycles. The van der Waals surface area contributed by atoms with E-state index in [0.29, 0.717) is 0 Å². The summed E-state index contributed by atoms with van der Waals surface area (Å²) in [5.74, 6) is -1.21. The Kier molecular flexibility index (Phi) is 2.70. The second-order valence-electron chi connectivity index (χ2n) is 2.57. The Morgan fingerprint density at radius 3 is 2.71 bits per heavy atom. The van der Waals surface area contributed by atoms with Crippen molar-refractivity contribution in [1.82, 2.24) is 9.78 Å². The molecule has 0 bridgehead atoms. The fourth-order valence-electron chi connectivity index (χ4n) is 0.906. The summed E-state index contributed by atoms with van der Waals surface area (Å²) in [6.45, 7) is -0.103. The fraction of sp³-hybridized carbons (Fsp3) is 0.286. The number of carbonyl (C=O) groups excluding carboxylic acids is 2. The number of nitrogens with zero attached hydrogens (tertiary/aromatic N) is 2. The number of rotatable bonds is 3. The number of methoxy groups -OCH3 is 1. The van der Waals surface area contributed by atoms with Gasteiger partial charge >= 0.3 is 5.97 Å². The van der Waals surface area contributed by atoms with Crippen LogP contribution in [-0.2, 0) is 16.1 Å². The van der Waals surface area contributed by atoms with Gasteiger partial charge in [-0.05, 0) is 0 Å². The van der Waals surface area contributed by atoms with Crippen molar-refractivity contribution in [2.45, 2.75) is 6.54 Å². The first kappa shape index (κ1) is 10.0. The summed E-state index contributed by atoms with van der Waals surface area (Å²) in [5, 5.41) is 3.71. The zero-order chi connectivity index (χ0) is 10.7. The maximum absolute atomic E-state index is 10.8. The number of primary amides is 1. The number of hydrogen-bond donors (Lipinski definition) is 2. The van der Waals surface area contributed by atoms with Crippen LogP contribution in [-0.4, -0.2) is 28.8 Å². The minimum Gasteiger partial charge on any atom is -0.468 e. The largest absolute Gasteiger partial charge is 0.468 e. The Bertz CT molecular complexity index is 371. The van der Waals surface area contributed by atoms with Gasteiger partial charge in [-0.15, -0.1) is 0 Å². The summed E-state index contributed by atoms with van der Waals surface area (Å²) in [6, 6.07) is 0. The molecule has 4 N–H and O–H groups in total. The lowest BCUT2D eigenvalue weighted by Crippen LogP contribution is -2.16. The molecule has 1 rings (SSSR count). The van der Waals surface area contributed by atoms with Crippen molar-refractivity contribution < 1.29 is 14.3 Å². The number of amides is 1. The van der Waals surface area contributed by atoms with Gasteiger partial charge in [0.05, 0.1) is 12.8 Å². The highest BCUT2D eigenvalue weighted by molar-refractivity contribution is 5.95. The van der Waals surface area contributed by atoms with Gasteiger partial charge in [0.15, 0.2) is 5.69 Å². The summed E-state index contributed by atoms with van der Waals surface area (Å²) in [6.07, 6.45) is 1.34. The lowest BCUT2D eigenvalue weighted by Gasteiger charge is -1.97. The predicted molar refractivity (Wildman–Crippen MR) is 47.2 cm³/mol. The second-order valence-corrected chi connectivity index (χ2v) is 2.57. The van der Waals surface area contributed by atoms with Gasteiger partial charge in [-0.2, -0.15) is 5.10 Å². The number of hydrogen-bond acceptors (Lipinski definition) is 5. The lowest BCUT2D eigenvalue weighted by atomic mass is 10.4. The average Bonchev–Trinajstić information content (AvgIpc) is 2.46. The molecule has 0 radical (unpaired) electrons. The number of carbonyl (C=O) groups is 2. The number of anilines is 1. The van der Waals surface area contributed by atoms with Crippen LogP contribution in [0.15, 0.2) is 6.20 Å².